The monoisotopic (exact) mass is 410 g/mol. The molecule has 2 heterocycles. The van der Waals surface area contributed by atoms with Crippen LogP contribution in [0, 0.1) is 6.92 Å². The highest BCUT2D eigenvalue weighted by Gasteiger charge is 2.12. The maximum atomic E-state index is 12.4. The minimum absolute atomic E-state index is 0.141. The Morgan fingerprint density at radius 2 is 2.00 bits per heavy atom. The highest BCUT2D eigenvalue weighted by molar-refractivity contribution is 6.33. The van der Waals surface area contributed by atoms with Crippen LogP contribution in [0.3, 0.4) is 0 Å². The average molecular weight is 411 g/mol. The molecule has 28 heavy (non-hydrogen) atoms. The summed E-state index contributed by atoms with van der Waals surface area (Å²) in [6.45, 7) is 1.97. The van der Waals surface area contributed by atoms with Crippen molar-refractivity contribution >= 4 is 46.0 Å². The van der Waals surface area contributed by atoms with Gasteiger partial charge in [-0.05, 0) is 54.4 Å². The molecule has 0 aliphatic carbocycles. The van der Waals surface area contributed by atoms with Gasteiger partial charge in [-0.3, -0.25) is 4.79 Å². The molecule has 0 unspecified atom stereocenters. The van der Waals surface area contributed by atoms with Crippen LogP contribution in [0.1, 0.15) is 11.1 Å². The molecule has 0 saturated heterocycles. The van der Waals surface area contributed by atoms with Crippen molar-refractivity contribution in [3.63, 3.8) is 0 Å². The zero-order chi connectivity index (χ0) is 19.7. The molecule has 2 aromatic carbocycles. The summed E-state index contributed by atoms with van der Waals surface area (Å²) in [6, 6.07) is 14.5. The van der Waals surface area contributed by atoms with E-state index in [1.165, 1.54) is 0 Å². The van der Waals surface area contributed by atoms with Gasteiger partial charge in [0.1, 0.15) is 5.82 Å². The van der Waals surface area contributed by atoms with Crippen molar-refractivity contribution in [1.82, 2.24) is 15.0 Å². The van der Waals surface area contributed by atoms with Crippen LogP contribution in [-0.4, -0.2) is 20.9 Å². The van der Waals surface area contributed by atoms with Crippen LogP contribution in [-0.2, 0) is 11.2 Å². The van der Waals surface area contributed by atoms with E-state index in [0.717, 1.165) is 16.6 Å². The Kier molecular flexibility index (Phi) is 5.03. The van der Waals surface area contributed by atoms with E-state index in [4.69, 9.17) is 23.2 Å². The second-order valence-corrected chi connectivity index (χ2v) is 7.36. The van der Waals surface area contributed by atoms with E-state index in [0.29, 0.717) is 32.8 Å². The predicted octanol–water partition coefficient (Wildman–Crippen LogP) is 5.42. The van der Waals surface area contributed by atoms with Crippen molar-refractivity contribution in [2.75, 3.05) is 5.32 Å². The molecule has 0 saturated carbocycles. The quantitative estimate of drug-likeness (QED) is 0.471. The van der Waals surface area contributed by atoms with Crippen LogP contribution < -0.4 is 5.32 Å². The Balaban J connectivity index is 1.58. The number of nitrogens with one attached hydrogen (secondary N) is 2. The Hall–Kier alpha value is -2.89. The fraction of sp³-hybridized carbons (Fsp3) is 0.0952. The average Bonchev–Trinajstić information content (AvgIpc) is 3.06. The molecule has 0 spiro atoms. The van der Waals surface area contributed by atoms with Gasteiger partial charge in [-0.25, -0.2) is 9.97 Å². The van der Waals surface area contributed by atoms with Gasteiger partial charge in [-0.2, -0.15) is 0 Å². The van der Waals surface area contributed by atoms with Crippen LogP contribution in [0.15, 0.2) is 54.7 Å². The number of amides is 1. The van der Waals surface area contributed by atoms with E-state index in [2.05, 4.69) is 20.3 Å². The zero-order valence-electron chi connectivity index (χ0n) is 15.0. The van der Waals surface area contributed by atoms with Gasteiger partial charge in [0.2, 0.25) is 5.91 Å². The molecule has 5 nitrogen and oxygen atoms in total. The predicted molar refractivity (Wildman–Crippen MR) is 113 cm³/mol. The number of H-pyrrole nitrogens is 1. The normalized spacial score (nSPS) is 11.0. The highest BCUT2D eigenvalue weighted by atomic mass is 35.5. The van der Waals surface area contributed by atoms with Crippen molar-refractivity contribution < 1.29 is 4.79 Å². The Morgan fingerprint density at radius 3 is 2.82 bits per heavy atom. The molecule has 2 aromatic heterocycles. The molecule has 0 bridgehead atoms. The summed E-state index contributed by atoms with van der Waals surface area (Å²) in [5, 5.41) is 4.03. The first-order valence-corrected chi connectivity index (χ1v) is 9.40. The molecular weight excluding hydrogens is 395 g/mol. The molecule has 4 aromatic rings. The molecule has 0 radical (unpaired) electrons. The molecule has 0 fully saturated rings. The van der Waals surface area contributed by atoms with Gasteiger partial charge in [0.15, 0.2) is 5.65 Å². The first-order chi connectivity index (χ1) is 13.5. The van der Waals surface area contributed by atoms with Crippen molar-refractivity contribution in [2.24, 2.45) is 0 Å². The number of aromatic nitrogens is 3. The lowest BCUT2D eigenvalue weighted by molar-refractivity contribution is -0.115. The van der Waals surface area contributed by atoms with Gasteiger partial charge in [0.05, 0.1) is 17.0 Å². The highest BCUT2D eigenvalue weighted by Crippen LogP contribution is 2.30. The summed E-state index contributed by atoms with van der Waals surface area (Å²) in [7, 11) is 0. The number of pyridine rings is 1. The van der Waals surface area contributed by atoms with Crippen LogP contribution in [0.2, 0.25) is 10.0 Å². The number of halogens is 2. The van der Waals surface area contributed by atoms with E-state index >= 15 is 0 Å². The maximum Gasteiger partial charge on any atom is 0.228 e. The summed E-state index contributed by atoms with van der Waals surface area (Å²) in [5.74, 6) is 0.460. The van der Waals surface area contributed by atoms with Gasteiger partial charge >= 0.3 is 0 Å². The molecule has 0 aliphatic rings. The number of aryl methyl sites for hydroxylation is 1. The van der Waals surface area contributed by atoms with Gasteiger partial charge in [-0.15, -0.1) is 0 Å². The largest absolute Gasteiger partial charge is 0.337 e. The number of hydrogen-bond acceptors (Lipinski definition) is 3. The molecule has 2 N–H and O–H groups in total. The summed E-state index contributed by atoms with van der Waals surface area (Å²) in [5.41, 5.74) is 4.66. The molecule has 140 valence electrons. The van der Waals surface area contributed by atoms with Gasteiger partial charge in [0, 0.05) is 22.5 Å². The lowest BCUT2D eigenvalue weighted by Crippen LogP contribution is -2.14. The van der Waals surface area contributed by atoms with Crippen molar-refractivity contribution in [3.8, 4) is 11.4 Å². The summed E-state index contributed by atoms with van der Waals surface area (Å²) in [6.07, 6.45) is 1.99. The van der Waals surface area contributed by atoms with Gasteiger partial charge < -0.3 is 10.3 Å². The van der Waals surface area contributed by atoms with Crippen LogP contribution in [0.5, 0.6) is 0 Å². The van der Waals surface area contributed by atoms with Crippen LogP contribution in [0.4, 0.5) is 5.69 Å². The third-order valence-corrected chi connectivity index (χ3v) is 4.80. The van der Waals surface area contributed by atoms with E-state index in [9.17, 15) is 4.79 Å². The molecular formula is C21H16Cl2N4O. The smallest absolute Gasteiger partial charge is 0.228 e. The summed E-state index contributed by atoms with van der Waals surface area (Å²) < 4.78 is 0. The standard InChI is InChI=1S/C21H16Cl2N4O/c1-12-7-18-21(24-11-12)27-20(26-18)16-10-15(5-6-17(16)23)25-19(28)9-13-3-2-4-14(22)8-13/h2-8,10-11H,9H2,1H3,(H,25,28)(H,24,26,27). The molecule has 1 amide bonds. The van der Waals surface area contributed by atoms with E-state index in [-0.39, 0.29) is 12.3 Å². The fourth-order valence-corrected chi connectivity index (χ4v) is 3.37. The van der Waals surface area contributed by atoms with Crippen molar-refractivity contribution in [2.45, 2.75) is 13.3 Å². The maximum absolute atomic E-state index is 12.4. The topological polar surface area (TPSA) is 70.7 Å². The van der Waals surface area contributed by atoms with Gasteiger partial charge in [0.25, 0.3) is 0 Å². The number of hydrogen-bond donors (Lipinski definition) is 2. The third-order valence-electron chi connectivity index (χ3n) is 4.23. The third kappa shape index (κ3) is 4.01. The number of carbonyl (C=O) groups excluding carboxylic acids is 1. The number of aromatic amines is 1. The molecule has 0 atom stereocenters. The Bertz CT molecular complexity index is 1190. The number of benzene rings is 2. The molecule has 7 heteroatoms. The van der Waals surface area contributed by atoms with E-state index in [1.807, 2.05) is 25.1 Å². The lowest BCUT2D eigenvalue weighted by atomic mass is 10.1. The van der Waals surface area contributed by atoms with Crippen molar-refractivity contribution in [1.29, 1.82) is 0 Å². The first kappa shape index (κ1) is 18.5. The number of fused-ring (bicyclic) bond motifs is 1. The van der Waals surface area contributed by atoms with Gasteiger partial charge in [-0.1, -0.05) is 35.3 Å². The zero-order valence-corrected chi connectivity index (χ0v) is 16.5. The molecule has 0 aliphatic heterocycles. The number of carbonyl (C=O) groups is 1. The minimum atomic E-state index is -0.141. The number of rotatable bonds is 4. The fourth-order valence-electron chi connectivity index (χ4n) is 2.95. The van der Waals surface area contributed by atoms with Crippen LogP contribution in [0.25, 0.3) is 22.6 Å². The molecule has 4 rings (SSSR count). The first-order valence-electron chi connectivity index (χ1n) is 8.64. The van der Waals surface area contributed by atoms with Crippen molar-refractivity contribution in [3.05, 3.63) is 75.9 Å². The number of imidazole rings is 1. The lowest BCUT2D eigenvalue weighted by Gasteiger charge is -2.08. The number of anilines is 1. The van der Waals surface area contributed by atoms with E-state index in [1.54, 1.807) is 36.5 Å². The number of nitrogens with zero attached hydrogens (tertiary/aromatic N) is 2. The van der Waals surface area contributed by atoms with E-state index < -0.39 is 0 Å². The van der Waals surface area contributed by atoms with Crippen LogP contribution >= 0.6 is 23.2 Å². The minimum Gasteiger partial charge on any atom is -0.337 e. The Morgan fingerprint density at radius 1 is 1.14 bits per heavy atom. The Labute approximate surface area is 171 Å². The SMILES string of the molecule is Cc1cnc2nc(-c3cc(NC(=O)Cc4cccc(Cl)c4)ccc3Cl)[nH]c2c1. The summed E-state index contributed by atoms with van der Waals surface area (Å²) in [4.78, 5) is 24.4. The second-order valence-electron chi connectivity index (χ2n) is 6.52. The second kappa shape index (κ2) is 7.62. The summed E-state index contributed by atoms with van der Waals surface area (Å²) >= 11 is 12.3.